The fourth-order valence-electron chi connectivity index (χ4n) is 2.58. The van der Waals surface area contributed by atoms with E-state index in [4.69, 9.17) is 0 Å². The van der Waals surface area contributed by atoms with Gasteiger partial charge in [0.2, 0.25) is 5.78 Å². The van der Waals surface area contributed by atoms with Crippen LogP contribution < -0.4 is 0 Å². The number of ketones is 2. The van der Waals surface area contributed by atoms with Gasteiger partial charge in [0.05, 0.1) is 3.58 Å². The molecule has 0 atom stereocenters. The van der Waals surface area contributed by atoms with Crippen LogP contribution >= 0.6 is 22.6 Å². The first-order chi connectivity index (χ1) is 10.5. The Kier molecular flexibility index (Phi) is 3.70. The number of hydrogen-bond acceptors (Lipinski definition) is 3. The number of carbonyl (C=O) groups is 2. The summed E-state index contributed by atoms with van der Waals surface area (Å²) in [6, 6.07) is 10.1. The van der Waals surface area contributed by atoms with E-state index >= 15 is 0 Å². The van der Waals surface area contributed by atoms with Crippen molar-refractivity contribution >= 4 is 40.2 Å². The van der Waals surface area contributed by atoms with Crippen LogP contribution in [0.15, 0.2) is 52.6 Å². The average Bonchev–Trinajstić information content (AvgIpc) is 2.52. The molecule has 0 aliphatic heterocycles. The smallest absolute Gasteiger partial charge is 0.200 e. The molecule has 0 amide bonds. The number of rotatable bonds is 2. The number of carbonyl (C=O) groups excluding carboxylic acids is 2. The molecule has 22 heavy (non-hydrogen) atoms. The van der Waals surface area contributed by atoms with Crippen molar-refractivity contribution < 1.29 is 14.7 Å². The normalized spacial score (nSPS) is 13.6. The van der Waals surface area contributed by atoms with Crippen molar-refractivity contribution in [3.63, 3.8) is 0 Å². The maximum absolute atomic E-state index is 12.6. The Morgan fingerprint density at radius 3 is 2.41 bits per heavy atom. The molecule has 0 saturated carbocycles. The van der Waals surface area contributed by atoms with Gasteiger partial charge in [0, 0.05) is 28.3 Å². The summed E-state index contributed by atoms with van der Waals surface area (Å²) in [5, 5.41) is 10.2. The number of hydrogen-bond donors (Lipinski definition) is 1. The van der Waals surface area contributed by atoms with Gasteiger partial charge in [-0.2, -0.15) is 0 Å². The molecular formula is C18H11IO3. The molecule has 2 aromatic rings. The fourth-order valence-corrected chi connectivity index (χ4v) is 3.14. The summed E-state index contributed by atoms with van der Waals surface area (Å²) in [5.74, 6) is -0.354. The van der Waals surface area contributed by atoms with Gasteiger partial charge < -0.3 is 5.11 Å². The highest BCUT2D eigenvalue weighted by Gasteiger charge is 2.29. The van der Waals surface area contributed by atoms with E-state index in [9.17, 15) is 14.7 Å². The maximum atomic E-state index is 12.6. The Labute approximate surface area is 141 Å². The van der Waals surface area contributed by atoms with Crippen molar-refractivity contribution in [2.75, 3.05) is 0 Å². The number of Topliss-reactive ketones (excluding diaryl/α,β-unsaturated/α-hetero) is 1. The SMILES string of the molecule is C=Cc1ccc2c(c1-c1ccccc1O)C(=O)C(I)=CC2=O. The van der Waals surface area contributed by atoms with Gasteiger partial charge in [-0.15, -0.1) is 0 Å². The number of phenolic OH excluding ortho intramolecular Hbond substituents is 1. The first-order valence-electron chi connectivity index (χ1n) is 6.58. The van der Waals surface area contributed by atoms with Crippen LogP contribution in [0.3, 0.4) is 0 Å². The molecule has 4 heteroatoms. The van der Waals surface area contributed by atoms with Crippen LogP contribution in [0, 0.1) is 0 Å². The van der Waals surface area contributed by atoms with Crippen LogP contribution in [0.1, 0.15) is 26.3 Å². The summed E-state index contributed by atoms with van der Waals surface area (Å²) >= 11 is 1.87. The van der Waals surface area contributed by atoms with E-state index in [1.165, 1.54) is 6.08 Å². The monoisotopic (exact) mass is 402 g/mol. The van der Waals surface area contributed by atoms with Crippen LogP contribution in [0.5, 0.6) is 5.75 Å². The Hall–Kier alpha value is -2.21. The van der Waals surface area contributed by atoms with E-state index in [-0.39, 0.29) is 17.3 Å². The third-order valence-corrected chi connectivity index (χ3v) is 4.40. The zero-order valence-corrected chi connectivity index (χ0v) is 13.6. The van der Waals surface area contributed by atoms with Crippen molar-refractivity contribution in [3.05, 3.63) is 69.3 Å². The molecular weight excluding hydrogens is 391 g/mol. The predicted molar refractivity (Wildman–Crippen MR) is 94.4 cm³/mol. The van der Waals surface area contributed by atoms with E-state index in [1.54, 1.807) is 42.5 Å². The summed E-state index contributed by atoms with van der Waals surface area (Å²) in [7, 11) is 0. The highest BCUT2D eigenvalue weighted by molar-refractivity contribution is 14.1. The molecule has 0 saturated heterocycles. The number of fused-ring (bicyclic) bond motifs is 1. The molecule has 0 radical (unpaired) electrons. The maximum Gasteiger partial charge on any atom is 0.200 e. The van der Waals surface area contributed by atoms with Crippen molar-refractivity contribution in [3.8, 4) is 16.9 Å². The molecule has 0 spiro atoms. The minimum absolute atomic E-state index is 0.0591. The molecule has 2 aromatic carbocycles. The van der Waals surface area contributed by atoms with Gasteiger partial charge in [0.25, 0.3) is 0 Å². The molecule has 108 valence electrons. The Morgan fingerprint density at radius 2 is 1.73 bits per heavy atom. The number of phenols is 1. The summed E-state index contributed by atoms with van der Waals surface area (Å²) in [6.45, 7) is 3.76. The molecule has 1 aliphatic rings. The number of halogens is 1. The van der Waals surface area contributed by atoms with E-state index in [2.05, 4.69) is 6.58 Å². The summed E-state index contributed by atoms with van der Waals surface area (Å²) in [4.78, 5) is 24.8. The van der Waals surface area contributed by atoms with Gasteiger partial charge in [-0.05, 0) is 40.3 Å². The Balaban J connectivity index is 2.43. The van der Waals surface area contributed by atoms with Crippen molar-refractivity contribution in [1.29, 1.82) is 0 Å². The van der Waals surface area contributed by atoms with E-state index < -0.39 is 0 Å². The molecule has 0 unspecified atom stereocenters. The molecule has 0 aromatic heterocycles. The predicted octanol–water partition coefficient (Wildman–Crippen LogP) is 4.40. The average molecular weight is 402 g/mol. The van der Waals surface area contributed by atoms with Crippen LogP contribution in [-0.2, 0) is 0 Å². The zero-order chi connectivity index (χ0) is 15.9. The Morgan fingerprint density at radius 1 is 1.00 bits per heavy atom. The lowest BCUT2D eigenvalue weighted by atomic mass is 9.84. The van der Waals surface area contributed by atoms with Gasteiger partial charge >= 0.3 is 0 Å². The van der Waals surface area contributed by atoms with Crippen LogP contribution in [0.25, 0.3) is 17.2 Å². The number of para-hydroxylation sites is 1. The van der Waals surface area contributed by atoms with Gasteiger partial charge in [0.15, 0.2) is 5.78 Å². The van der Waals surface area contributed by atoms with Crippen molar-refractivity contribution in [1.82, 2.24) is 0 Å². The Bertz CT molecular complexity index is 863. The second-order valence-electron chi connectivity index (χ2n) is 4.86. The van der Waals surface area contributed by atoms with Crippen LogP contribution in [0.2, 0.25) is 0 Å². The highest BCUT2D eigenvalue weighted by atomic mass is 127. The van der Waals surface area contributed by atoms with Crippen molar-refractivity contribution in [2.45, 2.75) is 0 Å². The quantitative estimate of drug-likeness (QED) is 0.758. The van der Waals surface area contributed by atoms with Gasteiger partial charge in [-0.1, -0.05) is 36.9 Å². The third kappa shape index (κ3) is 2.20. The largest absolute Gasteiger partial charge is 0.507 e. The summed E-state index contributed by atoms with van der Waals surface area (Å²) in [5.41, 5.74) is 2.45. The first kappa shape index (κ1) is 14.7. The van der Waals surface area contributed by atoms with E-state index in [0.717, 1.165) is 0 Å². The number of aromatic hydroxyl groups is 1. The molecule has 0 bridgehead atoms. The van der Waals surface area contributed by atoms with Crippen LogP contribution in [-0.4, -0.2) is 16.7 Å². The minimum Gasteiger partial charge on any atom is -0.507 e. The lowest BCUT2D eigenvalue weighted by molar-refractivity contribution is 0.0993. The number of allylic oxidation sites excluding steroid dienone is 2. The van der Waals surface area contributed by atoms with Gasteiger partial charge in [0.1, 0.15) is 5.75 Å². The highest BCUT2D eigenvalue weighted by Crippen LogP contribution is 2.39. The molecule has 1 N–H and O–H groups in total. The van der Waals surface area contributed by atoms with Crippen molar-refractivity contribution in [2.24, 2.45) is 0 Å². The zero-order valence-electron chi connectivity index (χ0n) is 11.5. The lowest BCUT2D eigenvalue weighted by Crippen LogP contribution is -2.16. The summed E-state index contributed by atoms with van der Waals surface area (Å²) in [6.07, 6.45) is 2.96. The molecule has 3 rings (SSSR count). The minimum atomic E-state index is -0.211. The van der Waals surface area contributed by atoms with E-state index in [0.29, 0.717) is 31.4 Å². The van der Waals surface area contributed by atoms with Gasteiger partial charge in [-0.25, -0.2) is 0 Å². The fraction of sp³-hybridized carbons (Fsp3) is 0. The number of benzene rings is 2. The van der Waals surface area contributed by atoms with Crippen LogP contribution in [0.4, 0.5) is 0 Å². The standard InChI is InChI=1S/C18H11IO3/c1-2-10-7-8-12-15(21)9-13(19)18(22)17(12)16(10)11-5-3-4-6-14(11)20/h2-9,20H,1H2. The second-order valence-corrected chi connectivity index (χ2v) is 6.02. The summed E-state index contributed by atoms with van der Waals surface area (Å²) < 4.78 is 0.369. The molecule has 3 nitrogen and oxygen atoms in total. The first-order valence-corrected chi connectivity index (χ1v) is 7.66. The second kappa shape index (κ2) is 5.53. The van der Waals surface area contributed by atoms with Gasteiger partial charge in [-0.3, -0.25) is 9.59 Å². The third-order valence-electron chi connectivity index (χ3n) is 3.60. The lowest BCUT2D eigenvalue weighted by Gasteiger charge is -2.19. The molecule has 1 aliphatic carbocycles. The van der Waals surface area contributed by atoms with E-state index in [1.807, 2.05) is 22.6 Å². The molecule has 0 fully saturated rings. The topological polar surface area (TPSA) is 54.4 Å². The molecule has 0 heterocycles.